The van der Waals surface area contributed by atoms with E-state index < -0.39 is 11.6 Å². The average molecular weight is 316 g/mol. The first-order valence-electron chi connectivity index (χ1n) is 7.90. The van der Waals surface area contributed by atoms with Gasteiger partial charge in [-0.05, 0) is 18.6 Å². The normalized spacial score (nSPS) is 30.6. The maximum Gasteiger partial charge on any atom is 0.252 e. The topological polar surface area (TPSA) is 77.0 Å². The maximum atomic E-state index is 12.7. The zero-order chi connectivity index (χ0) is 16.2. The smallest absolute Gasteiger partial charge is 0.252 e. The highest BCUT2D eigenvalue weighted by Crippen LogP contribution is 2.40. The van der Waals surface area contributed by atoms with E-state index >= 15 is 0 Å². The minimum absolute atomic E-state index is 0.148. The van der Waals surface area contributed by atoms with Crippen LogP contribution in [0.3, 0.4) is 0 Å². The van der Waals surface area contributed by atoms with Gasteiger partial charge in [0.1, 0.15) is 5.54 Å². The van der Waals surface area contributed by atoms with Crippen LogP contribution in [0.1, 0.15) is 12.1 Å². The minimum atomic E-state index is -0.667. The fourth-order valence-corrected chi connectivity index (χ4v) is 4.12. The van der Waals surface area contributed by atoms with Gasteiger partial charge >= 0.3 is 0 Å². The van der Waals surface area contributed by atoms with Crippen LogP contribution < -0.4 is 0 Å². The zero-order valence-electron chi connectivity index (χ0n) is 13.1. The number of carbonyl (C=O) groups is 2. The standard InChI is InChI=1S/C16H20N4O3/c1-18-14(22)13-6-12(21)8-20(13)16(15(18)23)9-19(10-16)7-11-4-2-3-5-17-11/h2-5,12-13,21H,6-10H2,1H3. The molecule has 1 aromatic rings. The highest BCUT2D eigenvalue weighted by Gasteiger charge is 2.63. The van der Waals surface area contributed by atoms with Crippen molar-refractivity contribution in [2.45, 2.75) is 30.7 Å². The Kier molecular flexibility index (Phi) is 3.26. The molecule has 7 nitrogen and oxygen atoms in total. The van der Waals surface area contributed by atoms with Gasteiger partial charge in [0, 0.05) is 39.4 Å². The molecule has 4 rings (SSSR count). The number of imide groups is 1. The molecule has 2 atom stereocenters. The molecule has 0 radical (unpaired) electrons. The summed E-state index contributed by atoms with van der Waals surface area (Å²) < 4.78 is 0. The van der Waals surface area contributed by atoms with Crippen LogP contribution in [-0.2, 0) is 16.1 Å². The molecule has 23 heavy (non-hydrogen) atoms. The molecule has 0 aliphatic carbocycles. The van der Waals surface area contributed by atoms with Crippen LogP contribution >= 0.6 is 0 Å². The molecule has 3 aliphatic heterocycles. The Morgan fingerprint density at radius 3 is 2.83 bits per heavy atom. The van der Waals surface area contributed by atoms with Gasteiger partial charge in [0.15, 0.2) is 0 Å². The van der Waals surface area contributed by atoms with Crippen molar-refractivity contribution in [3.63, 3.8) is 0 Å². The van der Waals surface area contributed by atoms with Crippen molar-refractivity contribution < 1.29 is 14.7 Å². The largest absolute Gasteiger partial charge is 0.392 e. The first kappa shape index (κ1) is 14.7. The Morgan fingerprint density at radius 1 is 1.35 bits per heavy atom. The van der Waals surface area contributed by atoms with E-state index in [1.807, 2.05) is 23.1 Å². The summed E-state index contributed by atoms with van der Waals surface area (Å²) in [6.45, 7) is 2.23. The molecule has 1 N–H and O–H groups in total. The Balaban J connectivity index is 1.54. The number of aliphatic hydroxyl groups excluding tert-OH is 1. The lowest BCUT2D eigenvalue weighted by Gasteiger charge is -2.58. The third-order valence-corrected chi connectivity index (χ3v) is 5.23. The number of β-amino-alcohol motifs (C(OH)–C–C–N with tert-alkyl or cyclic N) is 1. The van der Waals surface area contributed by atoms with E-state index in [0.717, 1.165) is 5.69 Å². The molecule has 2 amide bonds. The highest BCUT2D eigenvalue weighted by molar-refractivity contribution is 6.05. The summed E-state index contributed by atoms with van der Waals surface area (Å²) in [5.41, 5.74) is 0.299. The molecule has 0 bridgehead atoms. The number of likely N-dealkylation sites (N-methyl/N-ethyl adjacent to an activating group) is 1. The second-order valence-electron chi connectivity index (χ2n) is 6.76. The van der Waals surface area contributed by atoms with Gasteiger partial charge in [-0.2, -0.15) is 0 Å². The number of hydrogen-bond acceptors (Lipinski definition) is 6. The number of pyridine rings is 1. The maximum absolute atomic E-state index is 12.7. The molecule has 7 heteroatoms. The van der Waals surface area contributed by atoms with Crippen LogP contribution in [0.5, 0.6) is 0 Å². The Morgan fingerprint density at radius 2 is 2.13 bits per heavy atom. The zero-order valence-corrected chi connectivity index (χ0v) is 13.1. The summed E-state index contributed by atoms with van der Waals surface area (Å²) in [6.07, 6.45) is 1.64. The van der Waals surface area contributed by atoms with Crippen LogP contribution in [-0.4, -0.2) is 81.0 Å². The van der Waals surface area contributed by atoms with E-state index in [2.05, 4.69) is 9.88 Å². The van der Waals surface area contributed by atoms with Gasteiger partial charge < -0.3 is 5.11 Å². The first-order valence-corrected chi connectivity index (χ1v) is 7.90. The summed E-state index contributed by atoms with van der Waals surface area (Å²) in [5, 5.41) is 9.96. The lowest BCUT2D eigenvalue weighted by molar-refractivity contribution is -0.178. The number of aliphatic hydroxyl groups is 1. The summed E-state index contributed by atoms with van der Waals surface area (Å²) >= 11 is 0. The monoisotopic (exact) mass is 316 g/mol. The number of piperazine rings is 1. The Labute approximate surface area is 134 Å². The van der Waals surface area contributed by atoms with Gasteiger partial charge in [-0.3, -0.25) is 29.3 Å². The second kappa shape index (κ2) is 5.09. The Hall–Kier alpha value is -1.83. The molecule has 2 unspecified atom stereocenters. The number of fused-ring (bicyclic) bond motifs is 2. The summed E-state index contributed by atoms with van der Waals surface area (Å²) in [4.78, 5) is 34.7. The third-order valence-electron chi connectivity index (χ3n) is 5.23. The second-order valence-corrected chi connectivity index (χ2v) is 6.76. The molecule has 0 aromatic carbocycles. The van der Waals surface area contributed by atoms with Crippen molar-refractivity contribution >= 4 is 11.8 Å². The molecule has 1 spiro atoms. The van der Waals surface area contributed by atoms with Crippen molar-refractivity contribution in [1.29, 1.82) is 0 Å². The fourth-order valence-electron chi connectivity index (χ4n) is 4.12. The van der Waals surface area contributed by atoms with Gasteiger partial charge in [0.2, 0.25) is 5.91 Å². The lowest BCUT2D eigenvalue weighted by Crippen LogP contribution is -2.80. The predicted molar refractivity (Wildman–Crippen MR) is 81.1 cm³/mol. The predicted octanol–water partition coefficient (Wildman–Crippen LogP) is -0.930. The summed E-state index contributed by atoms with van der Waals surface area (Å²) in [7, 11) is 1.55. The molecule has 3 saturated heterocycles. The van der Waals surface area contributed by atoms with Crippen molar-refractivity contribution in [2.24, 2.45) is 0 Å². The van der Waals surface area contributed by atoms with Gasteiger partial charge in [-0.1, -0.05) is 6.07 Å². The van der Waals surface area contributed by atoms with Crippen molar-refractivity contribution in [3.05, 3.63) is 30.1 Å². The van der Waals surface area contributed by atoms with E-state index in [1.54, 1.807) is 13.2 Å². The molecular formula is C16H20N4O3. The van der Waals surface area contributed by atoms with Gasteiger partial charge in [-0.15, -0.1) is 0 Å². The number of carbonyl (C=O) groups excluding carboxylic acids is 2. The number of aromatic nitrogens is 1. The van der Waals surface area contributed by atoms with Crippen LogP contribution in [0.2, 0.25) is 0 Å². The third kappa shape index (κ3) is 2.11. The summed E-state index contributed by atoms with van der Waals surface area (Å²) in [5.74, 6) is -0.342. The van der Waals surface area contributed by atoms with Crippen molar-refractivity contribution in [1.82, 2.24) is 19.7 Å². The van der Waals surface area contributed by atoms with Crippen LogP contribution in [0.4, 0.5) is 0 Å². The first-order chi connectivity index (χ1) is 11.0. The van der Waals surface area contributed by atoms with Crippen LogP contribution in [0.25, 0.3) is 0 Å². The molecule has 0 saturated carbocycles. The van der Waals surface area contributed by atoms with Crippen molar-refractivity contribution in [2.75, 3.05) is 26.7 Å². The number of likely N-dealkylation sites (tertiary alicyclic amines) is 1. The quantitative estimate of drug-likeness (QED) is 0.711. The molecule has 3 fully saturated rings. The fraction of sp³-hybridized carbons (Fsp3) is 0.562. The molecule has 3 aliphatic rings. The molecule has 1 aromatic heterocycles. The average Bonchev–Trinajstić information content (AvgIpc) is 2.90. The van der Waals surface area contributed by atoms with Crippen LogP contribution in [0.15, 0.2) is 24.4 Å². The van der Waals surface area contributed by atoms with Gasteiger partial charge in [0.25, 0.3) is 5.91 Å². The van der Waals surface area contributed by atoms with E-state index in [-0.39, 0.29) is 17.9 Å². The van der Waals surface area contributed by atoms with E-state index in [0.29, 0.717) is 32.6 Å². The number of nitrogens with zero attached hydrogens (tertiary/aromatic N) is 4. The number of amides is 2. The molecule has 122 valence electrons. The highest BCUT2D eigenvalue weighted by atomic mass is 16.3. The van der Waals surface area contributed by atoms with Crippen LogP contribution in [0, 0.1) is 0 Å². The van der Waals surface area contributed by atoms with E-state index in [1.165, 1.54) is 4.90 Å². The summed E-state index contributed by atoms with van der Waals surface area (Å²) in [6, 6.07) is 5.42. The Bertz CT molecular complexity index is 644. The van der Waals surface area contributed by atoms with E-state index in [9.17, 15) is 14.7 Å². The minimum Gasteiger partial charge on any atom is -0.392 e. The molecular weight excluding hydrogens is 296 g/mol. The van der Waals surface area contributed by atoms with E-state index in [4.69, 9.17) is 0 Å². The van der Waals surface area contributed by atoms with Gasteiger partial charge in [-0.25, -0.2) is 0 Å². The number of rotatable bonds is 2. The SMILES string of the molecule is CN1C(=O)C2CC(O)CN2C2(CN(Cc3ccccn3)C2)C1=O. The molecule has 4 heterocycles. The number of hydrogen-bond donors (Lipinski definition) is 1. The lowest BCUT2D eigenvalue weighted by atomic mass is 9.82. The van der Waals surface area contributed by atoms with Gasteiger partial charge in [0.05, 0.1) is 17.8 Å². The van der Waals surface area contributed by atoms with Crippen molar-refractivity contribution in [3.8, 4) is 0 Å².